The molecule has 0 spiro atoms. The molecule has 4 atom stereocenters. The van der Waals surface area contributed by atoms with Crippen LogP contribution in [0, 0.1) is 12.8 Å². The van der Waals surface area contributed by atoms with Crippen LogP contribution in [0.25, 0.3) is 0 Å². The zero-order chi connectivity index (χ0) is 19.8. The van der Waals surface area contributed by atoms with E-state index in [1.54, 1.807) is 0 Å². The van der Waals surface area contributed by atoms with Crippen molar-refractivity contribution in [3.63, 3.8) is 0 Å². The molecule has 5 N–H and O–H groups in total. The lowest BCUT2D eigenvalue weighted by Crippen LogP contribution is -2.46. The largest absolute Gasteiger partial charge is 0.356 e. The third-order valence-corrected chi connectivity index (χ3v) is 6.80. The molecule has 154 valence electrons. The number of hydrazine groups is 1. The summed E-state index contributed by atoms with van der Waals surface area (Å²) in [5, 5.41) is 3.67. The number of nitrogens with one attached hydrogen (secondary N) is 3. The smallest absolute Gasteiger partial charge is 0.131 e. The van der Waals surface area contributed by atoms with Crippen LogP contribution in [0.3, 0.4) is 0 Å². The predicted octanol–water partition coefficient (Wildman–Crippen LogP) is 1.58. The van der Waals surface area contributed by atoms with Crippen molar-refractivity contribution in [1.82, 2.24) is 26.1 Å². The maximum atomic E-state index is 6.10. The summed E-state index contributed by atoms with van der Waals surface area (Å²) in [6, 6.07) is 9.89. The minimum absolute atomic E-state index is 0.215. The van der Waals surface area contributed by atoms with Gasteiger partial charge in [-0.15, -0.1) is 0 Å². The average molecular weight is 394 g/mol. The molecule has 3 aliphatic rings. The number of anilines is 1. The maximum Gasteiger partial charge on any atom is 0.131 e. The Morgan fingerprint density at radius 2 is 2.00 bits per heavy atom. The van der Waals surface area contributed by atoms with Crippen molar-refractivity contribution >= 4 is 5.82 Å². The van der Waals surface area contributed by atoms with Crippen LogP contribution in [0.2, 0.25) is 0 Å². The molecule has 0 bridgehead atoms. The number of fused-ring (bicyclic) bond motifs is 1. The van der Waals surface area contributed by atoms with Crippen LogP contribution in [0.1, 0.15) is 48.2 Å². The second kappa shape index (κ2) is 7.99. The first kappa shape index (κ1) is 18.9. The predicted molar refractivity (Wildman–Crippen MR) is 114 cm³/mol. The van der Waals surface area contributed by atoms with Gasteiger partial charge in [0.1, 0.15) is 5.82 Å². The van der Waals surface area contributed by atoms with E-state index in [4.69, 9.17) is 10.7 Å². The second-order valence-electron chi connectivity index (χ2n) is 8.72. The monoisotopic (exact) mass is 393 g/mol. The fraction of sp³-hybridized carbons (Fsp3) is 0.545. The molecule has 4 unspecified atom stereocenters. The third kappa shape index (κ3) is 3.75. The number of hydrogen-bond acceptors (Lipinski definition) is 7. The number of aryl methyl sites for hydroxylation is 1. The number of aromatic nitrogens is 2. The fourth-order valence-corrected chi connectivity index (χ4v) is 5.04. The molecule has 5 rings (SSSR count). The van der Waals surface area contributed by atoms with Crippen molar-refractivity contribution in [2.75, 3.05) is 24.5 Å². The van der Waals surface area contributed by atoms with Gasteiger partial charge in [-0.25, -0.2) is 10.4 Å². The summed E-state index contributed by atoms with van der Waals surface area (Å²) < 4.78 is 0. The van der Waals surface area contributed by atoms with Gasteiger partial charge >= 0.3 is 0 Å². The molecule has 3 saturated heterocycles. The van der Waals surface area contributed by atoms with Crippen LogP contribution < -0.4 is 26.8 Å². The third-order valence-electron chi connectivity index (χ3n) is 6.80. The lowest BCUT2D eigenvalue weighted by Gasteiger charge is -2.35. The molecule has 2 aromatic heterocycles. The van der Waals surface area contributed by atoms with E-state index in [1.165, 1.54) is 11.1 Å². The van der Waals surface area contributed by atoms with E-state index in [2.05, 4.69) is 51.2 Å². The number of nitrogens with two attached hydrogens (primary N) is 1. The summed E-state index contributed by atoms with van der Waals surface area (Å²) in [6.07, 6.45) is 6.95. The van der Waals surface area contributed by atoms with Crippen LogP contribution in [0.15, 0.2) is 36.7 Å². The molecule has 0 radical (unpaired) electrons. The zero-order valence-electron chi connectivity index (χ0n) is 17.0. The highest BCUT2D eigenvalue weighted by Crippen LogP contribution is 2.38. The number of hydrogen-bond donors (Lipinski definition) is 4. The number of pyridine rings is 2. The molecule has 3 fully saturated rings. The van der Waals surface area contributed by atoms with Crippen LogP contribution in [0.4, 0.5) is 5.82 Å². The minimum Gasteiger partial charge on any atom is -0.356 e. The molecule has 0 aromatic carbocycles. The second-order valence-corrected chi connectivity index (χ2v) is 8.72. The average Bonchev–Trinajstić information content (AvgIpc) is 3.19. The van der Waals surface area contributed by atoms with Gasteiger partial charge in [0.15, 0.2) is 0 Å². The van der Waals surface area contributed by atoms with Gasteiger partial charge in [-0.3, -0.25) is 10.4 Å². The molecule has 5 heterocycles. The normalized spacial score (nSPS) is 30.3. The summed E-state index contributed by atoms with van der Waals surface area (Å²) in [4.78, 5) is 11.9. The molecule has 3 aliphatic heterocycles. The molecule has 0 aliphatic carbocycles. The van der Waals surface area contributed by atoms with E-state index in [0.717, 1.165) is 50.4 Å². The highest BCUT2D eigenvalue weighted by Gasteiger charge is 2.42. The molecule has 7 heteroatoms. The van der Waals surface area contributed by atoms with Crippen molar-refractivity contribution < 1.29 is 0 Å². The van der Waals surface area contributed by atoms with E-state index in [1.807, 2.05) is 18.5 Å². The highest BCUT2D eigenvalue weighted by atomic mass is 15.4. The maximum absolute atomic E-state index is 6.10. The lowest BCUT2D eigenvalue weighted by molar-refractivity contribution is 0.265. The van der Waals surface area contributed by atoms with Crippen LogP contribution >= 0.6 is 0 Å². The van der Waals surface area contributed by atoms with E-state index in [0.29, 0.717) is 24.0 Å². The van der Waals surface area contributed by atoms with Gasteiger partial charge < -0.3 is 16.0 Å². The molecular formula is C22H31N7. The van der Waals surface area contributed by atoms with Gasteiger partial charge in [0.05, 0.1) is 11.7 Å². The van der Waals surface area contributed by atoms with E-state index < -0.39 is 0 Å². The van der Waals surface area contributed by atoms with E-state index in [9.17, 15) is 0 Å². The number of piperidine rings is 2. The van der Waals surface area contributed by atoms with Gasteiger partial charge in [0.25, 0.3) is 0 Å². The Balaban J connectivity index is 1.37. The Labute approximate surface area is 172 Å². The van der Waals surface area contributed by atoms with Gasteiger partial charge in [0.2, 0.25) is 0 Å². The van der Waals surface area contributed by atoms with Crippen molar-refractivity contribution in [3.05, 3.63) is 53.5 Å². The summed E-state index contributed by atoms with van der Waals surface area (Å²) in [7, 11) is 0. The fourth-order valence-electron chi connectivity index (χ4n) is 5.04. The summed E-state index contributed by atoms with van der Waals surface area (Å²) in [5.41, 5.74) is 16.8. The van der Waals surface area contributed by atoms with Crippen molar-refractivity contribution in [2.45, 2.75) is 50.4 Å². The Bertz CT molecular complexity index is 834. The van der Waals surface area contributed by atoms with Crippen molar-refractivity contribution in [2.24, 2.45) is 11.7 Å². The van der Waals surface area contributed by atoms with Crippen molar-refractivity contribution in [1.29, 1.82) is 0 Å². The lowest BCUT2D eigenvalue weighted by atomic mass is 9.81. The highest BCUT2D eigenvalue weighted by molar-refractivity contribution is 5.48. The SMILES string of the molecule is Cc1ccc(C2NNC3CNC(c4cccnc4)CC32)nc1N1CCC(N)CC1. The summed E-state index contributed by atoms with van der Waals surface area (Å²) >= 11 is 0. The first-order valence-corrected chi connectivity index (χ1v) is 10.8. The Morgan fingerprint density at radius 1 is 1.14 bits per heavy atom. The molecule has 2 aromatic rings. The van der Waals surface area contributed by atoms with Crippen LogP contribution in [-0.4, -0.2) is 41.7 Å². The Kier molecular flexibility index (Phi) is 5.22. The quantitative estimate of drug-likeness (QED) is 0.629. The number of nitrogens with zero attached hydrogens (tertiary/aromatic N) is 3. The van der Waals surface area contributed by atoms with Gasteiger partial charge in [0, 0.05) is 56.1 Å². The molecule has 0 amide bonds. The molecule has 0 saturated carbocycles. The first-order valence-electron chi connectivity index (χ1n) is 10.8. The first-order chi connectivity index (χ1) is 14.2. The molecule has 29 heavy (non-hydrogen) atoms. The molecule has 7 nitrogen and oxygen atoms in total. The summed E-state index contributed by atoms with van der Waals surface area (Å²) in [5.74, 6) is 1.61. The standard InChI is InChI=1S/C22H31N7/c1-14-4-5-18(26-22(14)29-9-6-16(23)7-10-29)21-17-11-19(15-3-2-8-24-12-15)25-13-20(17)27-28-21/h2-5,8,12,16-17,19-21,25,27-28H,6-7,9-11,13,23H2,1H3. The van der Waals surface area contributed by atoms with E-state index in [-0.39, 0.29) is 6.04 Å². The number of rotatable bonds is 3. The van der Waals surface area contributed by atoms with E-state index >= 15 is 0 Å². The topological polar surface area (TPSA) is 91.1 Å². The van der Waals surface area contributed by atoms with Crippen LogP contribution in [-0.2, 0) is 0 Å². The minimum atomic E-state index is 0.215. The Morgan fingerprint density at radius 3 is 2.79 bits per heavy atom. The van der Waals surface area contributed by atoms with Gasteiger partial charge in [-0.1, -0.05) is 12.1 Å². The Hall–Kier alpha value is -2.06. The zero-order valence-corrected chi connectivity index (χ0v) is 17.0. The van der Waals surface area contributed by atoms with Crippen LogP contribution in [0.5, 0.6) is 0 Å². The molecular weight excluding hydrogens is 362 g/mol. The van der Waals surface area contributed by atoms with Gasteiger partial charge in [-0.05, 0) is 49.4 Å². The summed E-state index contributed by atoms with van der Waals surface area (Å²) in [6.45, 7) is 5.09. The van der Waals surface area contributed by atoms with Crippen molar-refractivity contribution in [3.8, 4) is 0 Å². The van der Waals surface area contributed by atoms with Gasteiger partial charge in [-0.2, -0.15) is 0 Å².